The number of halogens is 1. The molecule has 3 aromatic rings. The molecule has 1 fully saturated rings. The van der Waals surface area contributed by atoms with Crippen molar-refractivity contribution in [3.63, 3.8) is 0 Å². The minimum absolute atomic E-state index is 0.430. The van der Waals surface area contributed by atoms with E-state index in [0.717, 1.165) is 48.8 Å². The van der Waals surface area contributed by atoms with Crippen molar-refractivity contribution >= 4 is 22.7 Å². The highest BCUT2D eigenvalue weighted by Gasteiger charge is 2.21. The number of imidazole rings is 1. The van der Waals surface area contributed by atoms with Gasteiger partial charge in [0.25, 0.3) is 0 Å². The van der Waals surface area contributed by atoms with E-state index in [1.54, 1.807) is 0 Å². The molecule has 23 heavy (non-hydrogen) atoms. The van der Waals surface area contributed by atoms with Gasteiger partial charge in [0.1, 0.15) is 0 Å². The standard InChI is InChI=1S/C17H18FN5/c1-21-15-5-3-2-4-14(15)20-17(21)23-10-8-22(9-11-23)13-6-7-19-16(18)12-13/h2-7,12H,8-11H2,1H3. The van der Waals surface area contributed by atoms with Crippen LogP contribution in [0.5, 0.6) is 0 Å². The fourth-order valence-electron chi connectivity index (χ4n) is 3.17. The Labute approximate surface area is 134 Å². The lowest BCUT2D eigenvalue weighted by molar-refractivity contribution is 0.579. The second-order valence-electron chi connectivity index (χ2n) is 5.77. The number of piperazine rings is 1. The van der Waals surface area contributed by atoms with E-state index < -0.39 is 5.95 Å². The lowest BCUT2D eigenvalue weighted by Gasteiger charge is -2.36. The highest BCUT2D eigenvalue weighted by Crippen LogP contribution is 2.23. The quantitative estimate of drug-likeness (QED) is 0.681. The third-order valence-corrected chi connectivity index (χ3v) is 4.40. The molecule has 0 saturated carbocycles. The first-order chi connectivity index (χ1) is 11.2. The molecule has 1 saturated heterocycles. The maximum absolute atomic E-state index is 13.3. The average molecular weight is 311 g/mol. The summed E-state index contributed by atoms with van der Waals surface area (Å²) in [6.07, 6.45) is 1.52. The van der Waals surface area contributed by atoms with E-state index in [-0.39, 0.29) is 0 Å². The minimum Gasteiger partial charge on any atom is -0.368 e. The number of fused-ring (bicyclic) bond motifs is 1. The van der Waals surface area contributed by atoms with Crippen molar-refractivity contribution in [2.75, 3.05) is 36.0 Å². The second-order valence-corrected chi connectivity index (χ2v) is 5.77. The maximum Gasteiger partial charge on any atom is 0.214 e. The molecule has 3 heterocycles. The monoisotopic (exact) mass is 311 g/mol. The van der Waals surface area contributed by atoms with Crippen molar-refractivity contribution in [1.82, 2.24) is 14.5 Å². The van der Waals surface area contributed by atoms with Gasteiger partial charge in [0, 0.05) is 51.2 Å². The van der Waals surface area contributed by atoms with Gasteiger partial charge in [-0.3, -0.25) is 0 Å². The van der Waals surface area contributed by atoms with Gasteiger partial charge >= 0.3 is 0 Å². The lowest BCUT2D eigenvalue weighted by atomic mass is 10.2. The van der Waals surface area contributed by atoms with Crippen LogP contribution in [-0.2, 0) is 7.05 Å². The van der Waals surface area contributed by atoms with Crippen LogP contribution in [0.15, 0.2) is 42.6 Å². The lowest BCUT2D eigenvalue weighted by Crippen LogP contribution is -2.47. The van der Waals surface area contributed by atoms with Gasteiger partial charge in [-0.1, -0.05) is 12.1 Å². The van der Waals surface area contributed by atoms with Crippen molar-refractivity contribution in [3.8, 4) is 0 Å². The van der Waals surface area contributed by atoms with E-state index in [0.29, 0.717) is 0 Å². The zero-order chi connectivity index (χ0) is 15.8. The van der Waals surface area contributed by atoms with Crippen molar-refractivity contribution in [1.29, 1.82) is 0 Å². The molecule has 5 nitrogen and oxygen atoms in total. The van der Waals surface area contributed by atoms with Gasteiger partial charge in [0.05, 0.1) is 11.0 Å². The van der Waals surface area contributed by atoms with Gasteiger partial charge in [-0.15, -0.1) is 0 Å². The number of nitrogens with zero attached hydrogens (tertiary/aromatic N) is 5. The Morgan fingerprint density at radius 1 is 1.00 bits per heavy atom. The summed E-state index contributed by atoms with van der Waals surface area (Å²) in [4.78, 5) is 12.8. The predicted molar refractivity (Wildman–Crippen MR) is 89.3 cm³/mol. The number of hydrogen-bond acceptors (Lipinski definition) is 4. The summed E-state index contributed by atoms with van der Waals surface area (Å²) in [6, 6.07) is 11.5. The van der Waals surface area contributed by atoms with Crippen LogP contribution in [-0.4, -0.2) is 40.7 Å². The van der Waals surface area contributed by atoms with Gasteiger partial charge in [-0.2, -0.15) is 4.39 Å². The van der Waals surface area contributed by atoms with E-state index >= 15 is 0 Å². The van der Waals surface area contributed by atoms with Crippen LogP contribution in [0.3, 0.4) is 0 Å². The first kappa shape index (κ1) is 14.0. The molecule has 1 aromatic carbocycles. The number of pyridine rings is 1. The third-order valence-electron chi connectivity index (χ3n) is 4.40. The molecule has 1 aliphatic rings. The number of para-hydroxylation sites is 2. The van der Waals surface area contributed by atoms with Gasteiger partial charge in [-0.25, -0.2) is 9.97 Å². The molecule has 0 unspecified atom stereocenters. The van der Waals surface area contributed by atoms with E-state index in [4.69, 9.17) is 4.98 Å². The van der Waals surface area contributed by atoms with Crippen LogP contribution in [0.2, 0.25) is 0 Å². The summed E-state index contributed by atoms with van der Waals surface area (Å²) in [7, 11) is 2.05. The molecule has 4 rings (SSSR count). The summed E-state index contributed by atoms with van der Waals surface area (Å²) >= 11 is 0. The Morgan fingerprint density at radius 3 is 2.48 bits per heavy atom. The number of hydrogen-bond donors (Lipinski definition) is 0. The normalized spacial score (nSPS) is 15.4. The Kier molecular flexibility index (Phi) is 3.37. The van der Waals surface area contributed by atoms with E-state index in [2.05, 4.69) is 32.5 Å². The van der Waals surface area contributed by atoms with E-state index in [9.17, 15) is 4.39 Å². The molecule has 0 aliphatic carbocycles. The van der Waals surface area contributed by atoms with Crippen LogP contribution in [0.25, 0.3) is 11.0 Å². The van der Waals surface area contributed by atoms with Crippen molar-refractivity contribution in [2.24, 2.45) is 7.05 Å². The fraction of sp³-hybridized carbons (Fsp3) is 0.294. The summed E-state index contributed by atoms with van der Waals surface area (Å²) in [5.74, 6) is 0.562. The first-order valence-electron chi connectivity index (χ1n) is 7.75. The number of anilines is 2. The largest absolute Gasteiger partial charge is 0.368 e. The topological polar surface area (TPSA) is 37.2 Å². The molecular weight excluding hydrogens is 293 g/mol. The summed E-state index contributed by atoms with van der Waals surface area (Å²) in [5, 5.41) is 0. The molecular formula is C17H18FN5. The number of aryl methyl sites for hydroxylation is 1. The smallest absolute Gasteiger partial charge is 0.214 e. The average Bonchev–Trinajstić information content (AvgIpc) is 2.92. The molecule has 0 amide bonds. The van der Waals surface area contributed by atoms with Gasteiger partial charge < -0.3 is 14.4 Å². The molecule has 6 heteroatoms. The van der Waals surface area contributed by atoms with Crippen molar-refractivity contribution in [3.05, 3.63) is 48.5 Å². The van der Waals surface area contributed by atoms with Gasteiger partial charge in [0.15, 0.2) is 0 Å². The third kappa shape index (κ3) is 2.50. The van der Waals surface area contributed by atoms with Crippen LogP contribution < -0.4 is 9.80 Å². The maximum atomic E-state index is 13.3. The molecule has 2 aromatic heterocycles. The highest BCUT2D eigenvalue weighted by molar-refractivity contribution is 5.78. The number of aromatic nitrogens is 3. The SMILES string of the molecule is Cn1c(N2CCN(c3ccnc(F)c3)CC2)nc2ccccc21. The Bertz CT molecular complexity index is 836. The van der Waals surface area contributed by atoms with Crippen LogP contribution >= 0.6 is 0 Å². The van der Waals surface area contributed by atoms with E-state index in [1.165, 1.54) is 12.3 Å². The molecule has 0 atom stereocenters. The molecule has 118 valence electrons. The summed E-state index contributed by atoms with van der Waals surface area (Å²) in [6.45, 7) is 3.40. The Morgan fingerprint density at radius 2 is 1.74 bits per heavy atom. The molecule has 1 aliphatic heterocycles. The molecule has 0 bridgehead atoms. The van der Waals surface area contributed by atoms with Gasteiger partial charge in [0.2, 0.25) is 11.9 Å². The fourth-order valence-corrected chi connectivity index (χ4v) is 3.17. The van der Waals surface area contributed by atoms with E-state index in [1.807, 2.05) is 24.3 Å². The Balaban J connectivity index is 1.54. The zero-order valence-corrected chi connectivity index (χ0v) is 13.0. The molecule has 0 radical (unpaired) electrons. The van der Waals surface area contributed by atoms with Crippen molar-refractivity contribution in [2.45, 2.75) is 0 Å². The first-order valence-corrected chi connectivity index (χ1v) is 7.75. The van der Waals surface area contributed by atoms with Crippen LogP contribution in [0.1, 0.15) is 0 Å². The predicted octanol–water partition coefficient (Wildman–Crippen LogP) is 2.43. The van der Waals surface area contributed by atoms with Crippen LogP contribution in [0.4, 0.5) is 16.0 Å². The highest BCUT2D eigenvalue weighted by atomic mass is 19.1. The zero-order valence-electron chi connectivity index (χ0n) is 13.0. The minimum atomic E-state index is -0.430. The summed E-state index contributed by atoms with van der Waals surface area (Å²) < 4.78 is 15.4. The number of rotatable bonds is 2. The molecule has 0 N–H and O–H groups in total. The van der Waals surface area contributed by atoms with Gasteiger partial charge in [-0.05, 0) is 18.2 Å². The summed E-state index contributed by atoms with van der Waals surface area (Å²) in [5.41, 5.74) is 3.05. The Hall–Kier alpha value is -2.63. The molecule has 0 spiro atoms. The second kappa shape index (κ2) is 5.53. The van der Waals surface area contributed by atoms with Crippen molar-refractivity contribution < 1.29 is 4.39 Å². The van der Waals surface area contributed by atoms with Crippen LogP contribution in [0, 0.1) is 5.95 Å². The number of benzene rings is 1.